The molecule has 2 unspecified atom stereocenters. The Bertz CT molecular complexity index is 554. The van der Waals surface area contributed by atoms with E-state index in [-0.39, 0.29) is 10.3 Å². The number of hydrogen-bond acceptors (Lipinski definition) is 3. The first-order chi connectivity index (χ1) is 8.27. The molecule has 0 saturated heterocycles. The summed E-state index contributed by atoms with van der Waals surface area (Å²) in [6.45, 7) is 3.91. The molecule has 1 aliphatic carbocycles. The minimum absolute atomic E-state index is 0.219. The van der Waals surface area contributed by atoms with E-state index in [0.29, 0.717) is 6.42 Å². The summed E-state index contributed by atoms with van der Waals surface area (Å²) in [6.07, 6.45) is 1.23. The highest BCUT2D eigenvalue weighted by Gasteiger charge is 2.46. The largest absolute Gasteiger partial charge is 0.326 e. The molecule has 2 rings (SSSR count). The van der Waals surface area contributed by atoms with Crippen molar-refractivity contribution >= 4 is 9.84 Å². The second kappa shape index (κ2) is 4.31. The normalized spacial score (nSPS) is 27.3. The molecule has 1 saturated carbocycles. The highest BCUT2D eigenvalue weighted by atomic mass is 32.2. The Kier molecular flexibility index (Phi) is 3.23. The zero-order valence-corrected chi connectivity index (χ0v) is 11.4. The van der Waals surface area contributed by atoms with Crippen LogP contribution in [0, 0.1) is 11.2 Å². The Morgan fingerprint density at radius 1 is 1.33 bits per heavy atom. The molecule has 1 aliphatic rings. The van der Waals surface area contributed by atoms with Gasteiger partial charge in [-0.05, 0) is 30.4 Å². The van der Waals surface area contributed by atoms with Gasteiger partial charge in [0.05, 0.1) is 5.25 Å². The van der Waals surface area contributed by atoms with E-state index >= 15 is 0 Å². The molecule has 1 aromatic rings. The van der Waals surface area contributed by atoms with Gasteiger partial charge in [-0.1, -0.05) is 26.0 Å². The van der Waals surface area contributed by atoms with E-state index in [1.807, 2.05) is 13.8 Å². The molecule has 0 aromatic heterocycles. The lowest BCUT2D eigenvalue weighted by Gasteiger charge is -2.26. The summed E-state index contributed by atoms with van der Waals surface area (Å²) in [5, 5.41) is -0.690. The quantitative estimate of drug-likeness (QED) is 0.896. The van der Waals surface area contributed by atoms with Crippen LogP contribution in [0.1, 0.15) is 26.7 Å². The molecule has 100 valence electrons. The Balaban J connectivity index is 2.43. The van der Waals surface area contributed by atoms with Crippen LogP contribution in [0.2, 0.25) is 0 Å². The topological polar surface area (TPSA) is 60.2 Å². The van der Waals surface area contributed by atoms with E-state index < -0.39 is 26.9 Å². The van der Waals surface area contributed by atoms with E-state index in [9.17, 15) is 12.8 Å². The third kappa shape index (κ3) is 2.06. The van der Waals surface area contributed by atoms with Gasteiger partial charge in [-0.3, -0.25) is 0 Å². The van der Waals surface area contributed by atoms with E-state index in [4.69, 9.17) is 5.73 Å². The van der Waals surface area contributed by atoms with Crippen molar-refractivity contribution in [2.24, 2.45) is 11.1 Å². The summed E-state index contributed by atoms with van der Waals surface area (Å²) < 4.78 is 38.5. The minimum Gasteiger partial charge on any atom is -0.326 e. The van der Waals surface area contributed by atoms with Gasteiger partial charge in [-0.25, -0.2) is 12.8 Å². The molecule has 0 heterocycles. The van der Waals surface area contributed by atoms with Crippen molar-refractivity contribution in [3.63, 3.8) is 0 Å². The molecule has 0 aliphatic heterocycles. The third-order valence-electron chi connectivity index (χ3n) is 3.92. The van der Waals surface area contributed by atoms with Crippen LogP contribution in [-0.4, -0.2) is 19.7 Å². The molecule has 3 nitrogen and oxygen atoms in total. The van der Waals surface area contributed by atoms with Crippen molar-refractivity contribution < 1.29 is 12.8 Å². The SMILES string of the molecule is CC1(C)CCC(S(=O)(=O)c2ccccc2F)C1N. The predicted octanol–water partition coefficient (Wildman–Crippen LogP) is 2.12. The van der Waals surface area contributed by atoms with E-state index in [2.05, 4.69) is 0 Å². The number of hydrogen-bond donors (Lipinski definition) is 1. The Morgan fingerprint density at radius 3 is 2.44 bits per heavy atom. The summed E-state index contributed by atoms with van der Waals surface area (Å²) in [4.78, 5) is -0.233. The lowest BCUT2D eigenvalue weighted by molar-refractivity contribution is 0.332. The molecule has 18 heavy (non-hydrogen) atoms. The van der Waals surface area contributed by atoms with E-state index in [0.717, 1.165) is 6.42 Å². The molecular weight excluding hydrogens is 253 g/mol. The van der Waals surface area contributed by atoms with Crippen molar-refractivity contribution in [3.8, 4) is 0 Å². The minimum atomic E-state index is -3.69. The Hall–Kier alpha value is -0.940. The first-order valence-electron chi connectivity index (χ1n) is 6.01. The maximum absolute atomic E-state index is 13.6. The average molecular weight is 271 g/mol. The second-order valence-corrected chi connectivity index (χ2v) is 7.70. The van der Waals surface area contributed by atoms with Gasteiger partial charge in [0.15, 0.2) is 9.84 Å². The fourth-order valence-corrected chi connectivity index (χ4v) is 4.67. The van der Waals surface area contributed by atoms with Crippen molar-refractivity contribution in [2.75, 3.05) is 0 Å². The summed E-state index contributed by atoms with van der Waals surface area (Å²) in [7, 11) is -3.69. The first kappa shape index (κ1) is 13.5. The third-order valence-corrected chi connectivity index (χ3v) is 6.19. The summed E-state index contributed by atoms with van der Waals surface area (Å²) in [6, 6.07) is 5.03. The lowest BCUT2D eigenvalue weighted by Crippen LogP contribution is -2.43. The second-order valence-electron chi connectivity index (χ2n) is 5.57. The Morgan fingerprint density at radius 2 is 1.94 bits per heavy atom. The standard InChI is InChI=1S/C13H18FNO2S/c1-13(2)8-7-11(12(13)15)18(16,17)10-6-4-3-5-9(10)14/h3-6,11-12H,7-8,15H2,1-2H3. The number of halogens is 1. The molecule has 1 aromatic carbocycles. The highest BCUT2D eigenvalue weighted by Crippen LogP contribution is 2.41. The van der Waals surface area contributed by atoms with E-state index in [1.165, 1.54) is 24.3 Å². The maximum Gasteiger partial charge on any atom is 0.185 e. The van der Waals surface area contributed by atoms with Gasteiger partial charge in [-0.15, -0.1) is 0 Å². The lowest BCUT2D eigenvalue weighted by atomic mass is 9.88. The van der Waals surface area contributed by atoms with Crippen molar-refractivity contribution in [3.05, 3.63) is 30.1 Å². The molecule has 2 N–H and O–H groups in total. The van der Waals surface area contributed by atoms with Gasteiger partial charge in [0.25, 0.3) is 0 Å². The predicted molar refractivity (Wildman–Crippen MR) is 68.4 cm³/mol. The molecule has 0 spiro atoms. The van der Waals surface area contributed by atoms with Crippen molar-refractivity contribution in [1.82, 2.24) is 0 Å². The van der Waals surface area contributed by atoms with Crippen molar-refractivity contribution in [1.29, 1.82) is 0 Å². The summed E-state index contributed by atoms with van der Waals surface area (Å²) >= 11 is 0. The van der Waals surface area contributed by atoms with Gasteiger partial charge >= 0.3 is 0 Å². The van der Waals surface area contributed by atoms with Crippen LogP contribution < -0.4 is 5.73 Å². The van der Waals surface area contributed by atoms with Crippen LogP contribution in [0.3, 0.4) is 0 Å². The smallest absolute Gasteiger partial charge is 0.185 e. The molecule has 1 fully saturated rings. The zero-order valence-electron chi connectivity index (χ0n) is 10.6. The molecule has 0 bridgehead atoms. The molecule has 0 radical (unpaired) electrons. The summed E-state index contributed by atoms with van der Waals surface area (Å²) in [5.74, 6) is -0.700. The first-order valence-corrected chi connectivity index (χ1v) is 7.55. The van der Waals surface area contributed by atoms with Crippen LogP contribution in [-0.2, 0) is 9.84 Å². The van der Waals surface area contributed by atoms with Gasteiger partial charge in [0.2, 0.25) is 0 Å². The Labute approximate surface area is 107 Å². The molecule has 5 heteroatoms. The van der Waals surface area contributed by atoms with Gasteiger partial charge in [0, 0.05) is 6.04 Å². The molecule has 2 atom stereocenters. The van der Waals surface area contributed by atoms with Crippen LogP contribution >= 0.6 is 0 Å². The van der Waals surface area contributed by atoms with Crippen LogP contribution in [0.4, 0.5) is 4.39 Å². The van der Waals surface area contributed by atoms with Crippen LogP contribution in [0.5, 0.6) is 0 Å². The van der Waals surface area contributed by atoms with Gasteiger partial charge in [0.1, 0.15) is 10.7 Å². The van der Waals surface area contributed by atoms with Crippen molar-refractivity contribution in [2.45, 2.75) is 42.9 Å². The molecule has 0 amide bonds. The fraction of sp³-hybridized carbons (Fsp3) is 0.538. The van der Waals surface area contributed by atoms with Crippen LogP contribution in [0.15, 0.2) is 29.2 Å². The number of nitrogens with two attached hydrogens (primary N) is 1. The average Bonchev–Trinajstić information content (AvgIpc) is 2.55. The fourth-order valence-electron chi connectivity index (χ4n) is 2.55. The number of sulfone groups is 1. The zero-order chi connectivity index (χ0) is 13.6. The van der Waals surface area contributed by atoms with Crippen LogP contribution in [0.25, 0.3) is 0 Å². The van der Waals surface area contributed by atoms with Gasteiger partial charge in [-0.2, -0.15) is 0 Å². The number of benzene rings is 1. The van der Waals surface area contributed by atoms with E-state index in [1.54, 1.807) is 0 Å². The highest BCUT2D eigenvalue weighted by molar-refractivity contribution is 7.92. The monoisotopic (exact) mass is 271 g/mol. The van der Waals surface area contributed by atoms with Gasteiger partial charge < -0.3 is 5.73 Å². The molecular formula is C13H18FNO2S. The maximum atomic E-state index is 13.6. The summed E-state index contributed by atoms with van der Waals surface area (Å²) in [5.41, 5.74) is 5.81. The number of rotatable bonds is 2.